The van der Waals surface area contributed by atoms with Crippen LogP contribution in [0.2, 0.25) is 5.02 Å². The first-order chi connectivity index (χ1) is 12.5. The molecule has 8 heteroatoms. The summed E-state index contributed by atoms with van der Waals surface area (Å²) in [4.78, 5) is 39.1. The Kier molecular flexibility index (Phi) is 5.90. The number of hydrogen-bond donors (Lipinski definition) is 2. The zero-order valence-corrected chi connectivity index (χ0v) is 15.5. The Hall–Kier alpha value is -2.38. The fourth-order valence-electron chi connectivity index (χ4n) is 2.70. The van der Waals surface area contributed by atoms with Crippen LogP contribution >= 0.6 is 22.9 Å². The van der Waals surface area contributed by atoms with Crippen LogP contribution in [0.1, 0.15) is 33.6 Å². The lowest BCUT2D eigenvalue weighted by Gasteiger charge is -2.27. The zero-order chi connectivity index (χ0) is 18.5. The number of carbonyl (C=O) groups excluding carboxylic acids is 3. The van der Waals surface area contributed by atoms with Crippen LogP contribution in [-0.2, 0) is 22.6 Å². The normalized spacial score (nSPS) is 13.0. The van der Waals surface area contributed by atoms with E-state index in [4.69, 9.17) is 11.6 Å². The maximum atomic E-state index is 12.3. The van der Waals surface area contributed by atoms with Gasteiger partial charge in [-0.25, -0.2) is 0 Å². The molecular weight excluding hydrogens is 374 g/mol. The van der Waals surface area contributed by atoms with Crippen LogP contribution in [0.3, 0.4) is 0 Å². The van der Waals surface area contributed by atoms with E-state index in [1.165, 1.54) is 10.4 Å². The summed E-state index contributed by atoms with van der Waals surface area (Å²) in [5, 5.41) is 2.56. The summed E-state index contributed by atoms with van der Waals surface area (Å²) >= 11 is 7.48. The third-order valence-corrected chi connectivity index (χ3v) is 5.42. The van der Waals surface area contributed by atoms with Gasteiger partial charge in [-0.15, -0.1) is 11.3 Å². The molecule has 3 amide bonds. The monoisotopic (exact) mass is 391 g/mol. The molecule has 0 radical (unpaired) electrons. The highest BCUT2D eigenvalue weighted by Crippen LogP contribution is 2.24. The van der Waals surface area contributed by atoms with E-state index >= 15 is 0 Å². The number of hydrazine groups is 1. The molecule has 0 bridgehead atoms. The van der Waals surface area contributed by atoms with Crippen molar-refractivity contribution < 1.29 is 14.4 Å². The Morgan fingerprint density at radius 1 is 1.08 bits per heavy atom. The predicted octanol–water partition coefficient (Wildman–Crippen LogP) is 2.53. The molecule has 0 saturated carbocycles. The molecule has 0 aliphatic carbocycles. The minimum Gasteiger partial charge on any atom is -0.338 e. The first-order valence-electron chi connectivity index (χ1n) is 8.20. The molecule has 0 atom stereocenters. The van der Waals surface area contributed by atoms with Crippen molar-refractivity contribution in [2.24, 2.45) is 0 Å². The maximum absolute atomic E-state index is 12.3. The van der Waals surface area contributed by atoms with E-state index in [1.807, 2.05) is 11.4 Å². The van der Waals surface area contributed by atoms with Crippen molar-refractivity contribution in [3.8, 4) is 0 Å². The predicted molar refractivity (Wildman–Crippen MR) is 99.7 cm³/mol. The van der Waals surface area contributed by atoms with Crippen LogP contribution in [-0.4, -0.2) is 29.2 Å². The largest absolute Gasteiger partial charge is 0.338 e. The maximum Gasteiger partial charge on any atom is 0.269 e. The van der Waals surface area contributed by atoms with Gasteiger partial charge in [-0.05, 0) is 47.7 Å². The van der Waals surface area contributed by atoms with E-state index in [9.17, 15) is 14.4 Å². The van der Waals surface area contributed by atoms with Gasteiger partial charge in [-0.1, -0.05) is 11.6 Å². The van der Waals surface area contributed by atoms with Crippen molar-refractivity contribution in [2.45, 2.75) is 25.8 Å². The van der Waals surface area contributed by atoms with E-state index in [0.29, 0.717) is 23.7 Å². The minimum atomic E-state index is -0.442. The smallest absolute Gasteiger partial charge is 0.269 e. The molecule has 26 heavy (non-hydrogen) atoms. The van der Waals surface area contributed by atoms with E-state index in [2.05, 4.69) is 10.9 Å². The Balaban J connectivity index is 1.40. The van der Waals surface area contributed by atoms with Crippen LogP contribution in [0.25, 0.3) is 0 Å². The lowest BCUT2D eigenvalue weighted by Crippen LogP contribution is -2.42. The van der Waals surface area contributed by atoms with E-state index < -0.39 is 11.8 Å². The molecule has 1 aliphatic heterocycles. The quantitative estimate of drug-likeness (QED) is 0.786. The first kappa shape index (κ1) is 18.4. The average molecular weight is 392 g/mol. The van der Waals surface area contributed by atoms with Crippen molar-refractivity contribution in [3.05, 3.63) is 56.7 Å². The van der Waals surface area contributed by atoms with Crippen molar-refractivity contribution in [2.75, 3.05) is 6.54 Å². The second-order valence-electron chi connectivity index (χ2n) is 5.94. The molecule has 0 unspecified atom stereocenters. The topological polar surface area (TPSA) is 78.5 Å². The molecule has 2 aromatic rings. The number of nitrogens with zero attached hydrogens (tertiary/aromatic N) is 1. The van der Waals surface area contributed by atoms with Crippen molar-refractivity contribution in [1.29, 1.82) is 0 Å². The second-order valence-corrected chi connectivity index (χ2v) is 7.38. The lowest BCUT2D eigenvalue weighted by atomic mass is 10.1. The van der Waals surface area contributed by atoms with Gasteiger partial charge in [0.25, 0.3) is 5.91 Å². The number of benzene rings is 1. The molecule has 6 nitrogen and oxygen atoms in total. The SMILES string of the molecule is O=C(CCC(=O)N1CCc2sccc2C1)NNC(=O)c1ccc(Cl)cc1. The molecule has 2 N–H and O–H groups in total. The zero-order valence-electron chi connectivity index (χ0n) is 14.0. The van der Waals surface area contributed by atoms with Gasteiger partial charge in [0.15, 0.2) is 0 Å². The van der Waals surface area contributed by atoms with Crippen LogP contribution in [0.4, 0.5) is 0 Å². The van der Waals surface area contributed by atoms with Gasteiger partial charge < -0.3 is 4.90 Å². The second kappa shape index (κ2) is 8.33. The number of rotatable bonds is 4. The van der Waals surface area contributed by atoms with Gasteiger partial charge in [-0.3, -0.25) is 25.2 Å². The molecule has 1 aliphatic rings. The molecule has 136 valence electrons. The van der Waals surface area contributed by atoms with Crippen molar-refractivity contribution in [3.63, 3.8) is 0 Å². The lowest BCUT2D eigenvalue weighted by molar-refractivity contribution is -0.134. The van der Waals surface area contributed by atoms with Crippen LogP contribution in [0, 0.1) is 0 Å². The third-order valence-electron chi connectivity index (χ3n) is 4.15. The Morgan fingerprint density at radius 2 is 1.85 bits per heavy atom. The van der Waals surface area contributed by atoms with Crippen LogP contribution < -0.4 is 10.9 Å². The number of carbonyl (C=O) groups is 3. The summed E-state index contributed by atoms with van der Waals surface area (Å²) in [5.74, 6) is -0.905. The molecule has 1 aromatic carbocycles. The number of hydrogen-bond acceptors (Lipinski definition) is 4. The Bertz CT molecular complexity index is 819. The van der Waals surface area contributed by atoms with E-state index in [-0.39, 0.29) is 18.7 Å². The summed E-state index contributed by atoms with van der Waals surface area (Å²) < 4.78 is 0. The fourth-order valence-corrected chi connectivity index (χ4v) is 3.72. The first-order valence-corrected chi connectivity index (χ1v) is 9.46. The summed E-state index contributed by atoms with van der Waals surface area (Å²) in [6.45, 7) is 1.29. The van der Waals surface area contributed by atoms with Crippen LogP contribution in [0.15, 0.2) is 35.7 Å². The van der Waals surface area contributed by atoms with Gasteiger partial charge in [0.1, 0.15) is 0 Å². The standard InChI is InChI=1S/C18H18ClN3O3S/c19-14-3-1-12(2-4-14)18(25)21-20-16(23)5-6-17(24)22-9-7-15-13(11-22)8-10-26-15/h1-4,8,10H,5-7,9,11H2,(H,20,23)(H,21,25). The highest BCUT2D eigenvalue weighted by Gasteiger charge is 2.21. The van der Waals surface area contributed by atoms with Crippen molar-refractivity contribution >= 4 is 40.7 Å². The van der Waals surface area contributed by atoms with Gasteiger partial charge in [-0.2, -0.15) is 0 Å². The molecule has 1 aromatic heterocycles. The van der Waals surface area contributed by atoms with Crippen molar-refractivity contribution in [1.82, 2.24) is 15.8 Å². The van der Waals surface area contributed by atoms with Gasteiger partial charge in [0.05, 0.1) is 0 Å². The summed E-state index contributed by atoms with van der Waals surface area (Å²) in [6.07, 6.45) is 0.997. The molecule has 0 spiro atoms. The molecule has 0 fully saturated rings. The van der Waals surface area contributed by atoms with Gasteiger partial charge in [0.2, 0.25) is 11.8 Å². The fraction of sp³-hybridized carbons (Fsp3) is 0.278. The number of amides is 3. The van der Waals surface area contributed by atoms with Crippen LogP contribution in [0.5, 0.6) is 0 Å². The average Bonchev–Trinajstić information content (AvgIpc) is 3.12. The number of halogens is 1. The molecule has 0 saturated heterocycles. The molecular formula is C18H18ClN3O3S. The highest BCUT2D eigenvalue weighted by atomic mass is 35.5. The Labute approximate surface area is 160 Å². The Morgan fingerprint density at radius 3 is 2.62 bits per heavy atom. The van der Waals surface area contributed by atoms with E-state index in [1.54, 1.807) is 40.5 Å². The number of fused-ring (bicyclic) bond motifs is 1. The van der Waals surface area contributed by atoms with E-state index in [0.717, 1.165) is 6.42 Å². The summed E-state index contributed by atoms with van der Waals surface area (Å²) in [7, 11) is 0. The molecule has 3 rings (SSSR count). The van der Waals surface area contributed by atoms with Gasteiger partial charge in [0, 0.05) is 41.4 Å². The minimum absolute atomic E-state index is 0.0206. The highest BCUT2D eigenvalue weighted by molar-refractivity contribution is 7.10. The summed E-state index contributed by atoms with van der Waals surface area (Å²) in [6, 6.07) is 8.34. The summed E-state index contributed by atoms with van der Waals surface area (Å²) in [5.41, 5.74) is 6.22. The third kappa shape index (κ3) is 4.62. The van der Waals surface area contributed by atoms with Gasteiger partial charge >= 0.3 is 0 Å². The number of thiophene rings is 1. The number of nitrogens with one attached hydrogen (secondary N) is 2. The molecule has 2 heterocycles.